The largest absolute Gasteiger partial charge is 0.367 e. The zero-order valence-corrected chi connectivity index (χ0v) is 4.50. The molecule has 0 aliphatic rings. The standard InChI is InChI=1S/C4H5N3O2/c5-3(8)2-1-7-9-4(2)6/h1H,6H2,(H2,5,8). The Morgan fingerprint density at radius 2 is 2.44 bits per heavy atom. The number of nitrogens with two attached hydrogens (primary N) is 2. The van der Waals surface area contributed by atoms with E-state index in [0.29, 0.717) is 0 Å². The number of amides is 1. The highest BCUT2D eigenvalue weighted by Gasteiger charge is 2.07. The van der Waals surface area contributed by atoms with Crippen LogP contribution in [0.2, 0.25) is 0 Å². The SMILES string of the molecule is NC(=O)c1cnoc1N. The van der Waals surface area contributed by atoms with Gasteiger partial charge in [0.15, 0.2) is 0 Å². The van der Waals surface area contributed by atoms with Crippen LogP contribution in [0.3, 0.4) is 0 Å². The Bertz CT molecular complexity index is 229. The average molecular weight is 127 g/mol. The van der Waals surface area contributed by atoms with Gasteiger partial charge in [-0.3, -0.25) is 4.79 Å². The summed E-state index contributed by atoms with van der Waals surface area (Å²) in [5, 5.41) is 3.24. The third-order valence-corrected chi connectivity index (χ3v) is 0.864. The van der Waals surface area contributed by atoms with E-state index in [0.717, 1.165) is 0 Å². The molecule has 0 bridgehead atoms. The molecule has 48 valence electrons. The van der Waals surface area contributed by atoms with E-state index in [4.69, 9.17) is 11.5 Å². The van der Waals surface area contributed by atoms with Gasteiger partial charge in [-0.1, -0.05) is 5.16 Å². The monoisotopic (exact) mass is 127 g/mol. The van der Waals surface area contributed by atoms with Crippen molar-refractivity contribution in [1.82, 2.24) is 5.16 Å². The van der Waals surface area contributed by atoms with Crippen molar-refractivity contribution in [2.45, 2.75) is 0 Å². The minimum atomic E-state index is -0.631. The lowest BCUT2D eigenvalue weighted by Gasteiger charge is -1.84. The maximum atomic E-state index is 10.3. The highest BCUT2D eigenvalue weighted by Crippen LogP contribution is 2.06. The number of primary amides is 1. The molecule has 0 radical (unpaired) electrons. The summed E-state index contributed by atoms with van der Waals surface area (Å²) in [6.07, 6.45) is 1.18. The topological polar surface area (TPSA) is 95.1 Å². The molecule has 9 heavy (non-hydrogen) atoms. The molecule has 4 N–H and O–H groups in total. The molecule has 0 aliphatic carbocycles. The molecule has 5 heteroatoms. The summed E-state index contributed by atoms with van der Waals surface area (Å²) in [5.41, 5.74) is 10.1. The molecule has 0 saturated heterocycles. The Morgan fingerprint density at radius 1 is 1.78 bits per heavy atom. The highest BCUT2D eigenvalue weighted by atomic mass is 16.5. The molecule has 1 heterocycles. The van der Waals surface area contributed by atoms with Crippen LogP contribution in [0.25, 0.3) is 0 Å². The van der Waals surface area contributed by atoms with Crippen molar-refractivity contribution < 1.29 is 9.32 Å². The smallest absolute Gasteiger partial charge is 0.255 e. The molecule has 5 nitrogen and oxygen atoms in total. The van der Waals surface area contributed by atoms with Gasteiger partial charge in [0, 0.05) is 0 Å². The number of rotatable bonds is 1. The second kappa shape index (κ2) is 1.77. The maximum Gasteiger partial charge on any atom is 0.255 e. The van der Waals surface area contributed by atoms with Gasteiger partial charge in [0.1, 0.15) is 5.56 Å². The lowest BCUT2D eigenvalue weighted by Crippen LogP contribution is -2.11. The number of hydrogen-bond donors (Lipinski definition) is 2. The summed E-state index contributed by atoms with van der Waals surface area (Å²) >= 11 is 0. The summed E-state index contributed by atoms with van der Waals surface area (Å²) in [5.74, 6) is -0.670. The van der Waals surface area contributed by atoms with Crippen molar-refractivity contribution in [1.29, 1.82) is 0 Å². The lowest BCUT2D eigenvalue weighted by molar-refractivity contribution is 0.100. The van der Waals surface area contributed by atoms with Crippen LogP contribution in [0.1, 0.15) is 10.4 Å². The minimum absolute atomic E-state index is 0.0394. The fourth-order valence-electron chi connectivity index (χ4n) is 0.434. The van der Waals surface area contributed by atoms with Crippen LogP contribution in [0.5, 0.6) is 0 Å². The van der Waals surface area contributed by atoms with Gasteiger partial charge in [0.25, 0.3) is 5.91 Å². The molecular weight excluding hydrogens is 122 g/mol. The van der Waals surface area contributed by atoms with Crippen LogP contribution in [0.15, 0.2) is 10.7 Å². The van der Waals surface area contributed by atoms with Gasteiger partial charge in [0.05, 0.1) is 6.20 Å². The first-order valence-electron chi connectivity index (χ1n) is 2.22. The zero-order valence-electron chi connectivity index (χ0n) is 4.50. The fraction of sp³-hybridized carbons (Fsp3) is 0. The van der Waals surface area contributed by atoms with Crippen molar-refractivity contribution in [2.75, 3.05) is 5.73 Å². The minimum Gasteiger partial charge on any atom is -0.367 e. The third-order valence-electron chi connectivity index (χ3n) is 0.864. The Morgan fingerprint density at radius 3 is 2.67 bits per heavy atom. The Hall–Kier alpha value is -1.52. The molecule has 1 aromatic heterocycles. The first kappa shape index (κ1) is 5.61. The fourth-order valence-corrected chi connectivity index (χ4v) is 0.434. The molecule has 0 saturated carbocycles. The van der Waals surface area contributed by atoms with Crippen molar-refractivity contribution in [3.63, 3.8) is 0 Å². The number of nitrogens with zero attached hydrogens (tertiary/aromatic N) is 1. The maximum absolute atomic E-state index is 10.3. The van der Waals surface area contributed by atoms with Gasteiger partial charge in [-0.05, 0) is 0 Å². The van der Waals surface area contributed by atoms with E-state index in [1.165, 1.54) is 6.20 Å². The van der Waals surface area contributed by atoms with Gasteiger partial charge < -0.3 is 16.0 Å². The van der Waals surface area contributed by atoms with Crippen LogP contribution in [0.4, 0.5) is 5.88 Å². The molecule has 0 aromatic carbocycles. The molecular formula is C4H5N3O2. The van der Waals surface area contributed by atoms with Gasteiger partial charge in [-0.25, -0.2) is 0 Å². The Balaban J connectivity index is 3.08. The summed E-state index contributed by atoms with van der Waals surface area (Å²) in [6.45, 7) is 0. The van der Waals surface area contributed by atoms with E-state index in [1.54, 1.807) is 0 Å². The first-order valence-corrected chi connectivity index (χ1v) is 2.22. The molecule has 1 rings (SSSR count). The summed E-state index contributed by atoms with van der Waals surface area (Å²) < 4.78 is 4.35. The quantitative estimate of drug-likeness (QED) is 0.524. The van der Waals surface area contributed by atoms with Crippen LogP contribution >= 0.6 is 0 Å². The van der Waals surface area contributed by atoms with Gasteiger partial charge in [-0.15, -0.1) is 0 Å². The number of hydrogen-bond acceptors (Lipinski definition) is 4. The number of aromatic nitrogens is 1. The lowest BCUT2D eigenvalue weighted by atomic mass is 10.3. The van der Waals surface area contributed by atoms with Gasteiger partial charge in [-0.2, -0.15) is 0 Å². The van der Waals surface area contributed by atoms with Crippen molar-refractivity contribution in [3.8, 4) is 0 Å². The number of nitrogen functional groups attached to an aromatic ring is 1. The molecule has 1 amide bonds. The Labute approximate surface area is 50.6 Å². The molecule has 0 unspecified atom stereocenters. The van der Waals surface area contributed by atoms with Crippen LogP contribution in [0, 0.1) is 0 Å². The number of carbonyl (C=O) groups is 1. The summed E-state index contributed by atoms with van der Waals surface area (Å²) in [4.78, 5) is 10.3. The second-order valence-corrected chi connectivity index (χ2v) is 1.47. The zero-order chi connectivity index (χ0) is 6.85. The van der Waals surface area contributed by atoms with E-state index >= 15 is 0 Å². The Kier molecular flexibility index (Phi) is 1.11. The molecule has 0 fully saturated rings. The number of anilines is 1. The van der Waals surface area contributed by atoms with Gasteiger partial charge >= 0.3 is 0 Å². The summed E-state index contributed by atoms with van der Waals surface area (Å²) in [7, 11) is 0. The van der Waals surface area contributed by atoms with Crippen LogP contribution < -0.4 is 11.5 Å². The molecule has 0 aliphatic heterocycles. The number of carbonyl (C=O) groups excluding carboxylic acids is 1. The molecule has 1 aromatic rings. The van der Waals surface area contributed by atoms with E-state index in [1.807, 2.05) is 0 Å². The van der Waals surface area contributed by atoms with E-state index in [9.17, 15) is 4.79 Å². The van der Waals surface area contributed by atoms with Crippen molar-refractivity contribution >= 4 is 11.8 Å². The van der Waals surface area contributed by atoms with E-state index in [-0.39, 0.29) is 11.4 Å². The van der Waals surface area contributed by atoms with Crippen molar-refractivity contribution in [2.24, 2.45) is 5.73 Å². The van der Waals surface area contributed by atoms with Crippen LogP contribution in [-0.4, -0.2) is 11.1 Å². The third kappa shape index (κ3) is 0.835. The normalized spacial score (nSPS) is 9.33. The molecule has 0 spiro atoms. The van der Waals surface area contributed by atoms with Crippen molar-refractivity contribution in [3.05, 3.63) is 11.8 Å². The first-order chi connectivity index (χ1) is 4.22. The second-order valence-electron chi connectivity index (χ2n) is 1.47. The van der Waals surface area contributed by atoms with E-state index in [2.05, 4.69) is 9.68 Å². The predicted molar refractivity (Wildman–Crippen MR) is 29.4 cm³/mol. The van der Waals surface area contributed by atoms with E-state index < -0.39 is 5.91 Å². The average Bonchev–Trinajstić information content (AvgIpc) is 2.13. The van der Waals surface area contributed by atoms with Gasteiger partial charge in [0.2, 0.25) is 5.88 Å². The van der Waals surface area contributed by atoms with Crippen LogP contribution in [-0.2, 0) is 0 Å². The highest BCUT2D eigenvalue weighted by molar-refractivity contribution is 5.96. The molecule has 0 atom stereocenters. The summed E-state index contributed by atoms with van der Waals surface area (Å²) in [6, 6.07) is 0. The predicted octanol–water partition coefficient (Wildman–Crippen LogP) is -0.644.